The Hall–Kier alpha value is -2.64. The van der Waals surface area contributed by atoms with Crippen molar-refractivity contribution in [1.82, 2.24) is 5.32 Å². The highest BCUT2D eigenvalue weighted by Gasteiger charge is 2.25. The van der Waals surface area contributed by atoms with Gasteiger partial charge in [0.1, 0.15) is 11.6 Å². The van der Waals surface area contributed by atoms with Crippen LogP contribution in [0.15, 0.2) is 42.5 Å². The van der Waals surface area contributed by atoms with Crippen LogP contribution in [0, 0.1) is 5.82 Å². The summed E-state index contributed by atoms with van der Waals surface area (Å²) < 4.78 is 13.1. The van der Waals surface area contributed by atoms with Crippen LogP contribution in [0.1, 0.15) is 47.7 Å². The van der Waals surface area contributed by atoms with Crippen LogP contribution >= 0.6 is 0 Å². The van der Waals surface area contributed by atoms with Crippen molar-refractivity contribution in [1.29, 1.82) is 0 Å². The molecule has 156 valence electrons. The number of phenols is 1. The first-order chi connectivity index (χ1) is 13.8. The highest BCUT2D eigenvalue weighted by molar-refractivity contribution is 5.95. The number of hydrogen-bond acceptors (Lipinski definition) is 5. The Balaban J connectivity index is 1.49. The normalized spacial score (nSPS) is 20.2. The van der Waals surface area contributed by atoms with Crippen molar-refractivity contribution in [2.45, 2.75) is 43.9 Å². The molecule has 1 atom stereocenters. The van der Waals surface area contributed by atoms with E-state index in [-0.39, 0.29) is 17.1 Å². The van der Waals surface area contributed by atoms with Crippen molar-refractivity contribution in [3.05, 3.63) is 59.4 Å². The van der Waals surface area contributed by atoms with Gasteiger partial charge in [0.2, 0.25) is 0 Å². The van der Waals surface area contributed by atoms with Crippen LogP contribution in [0.4, 0.5) is 10.1 Å². The van der Waals surface area contributed by atoms with E-state index in [0.717, 1.165) is 31.4 Å². The average molecular weight is 401 g/mol. The second kappa shape index (κ2) is 9.24. The second-order valence-electron chi connectivity index (χ2n) is 7.66. The summed E-state index contributed by atoms with van der Waals surface area (Å²) >= 11 is 0. The highest BCUT2D eigenvalue weighted by atomic mass is 19.1. The summed E-state index contributed by atoms with van der Waals surface area (Å²) in [6, 6.07) is 11.6. The molecule has 1 aliphatic carbocycles. The van der Waals surface area contributed by atoms with E-state index in [9.17, 15) is 19.4 Å². The molecule has 0 radical (unpaired) electrons. The summed E-state index contributed by atoms with van der Waals surface area (Å²) in [5.41, 5.74) is 6.79. The van der Waals surface area contributed by atoms with E-state index in [1.807, 2.05) is 7.05 Å². The van der Waals surface area contributed by atoms with Gasteiger partial charge in [-0.3, -0.25) is 4.79 Å². The van der Waals surface area contributed by atoms with Crippen molar-refractivity contribution in [3.63, 3.8) is 0 Å². The Bertz CT molecular complexity index is 836. The van der Waals surface area contributed by atoms with E-state index in [1.165, 1.54) is 24.3 Å². The van der Waals surface area contributed by atoms with Crippen molar-refractivity contribution in [2.75, 3.05) is 18.5 Å². The lowest BCUT2D eigenvalue weighted by Gasteiger charge is -2.36. The number of rotatable bonds is 7. The number of nitrogens with zero attached hydrogens (tertiary/aromatic N) is 1. The van der Waals surface area contributed by atoms with Gasteiger partial charge < -0.3 is 26.2 Å². The number of nitrogens with one attached hydrogen (secondary N) is 1. The van der Waals surface area contributed by atoms with Crippen LogP contribution in [0.3, 0.4) is 0 Å². The standard InChI is InChI=1S/C22H28FN3O3/c1-26(17-7-3-15(23)4-8-17)18-9-5-16(6-10-18)25-13-21(28)14-2-11-20(27)19(12-14)22(24)29/h2-4,7-8,11-12,16,18,21,25,27-28H,5-6,9-10,13H2,1H3,(H2,24,29)/t16-,18-,21?. The summed E-state index contributed by atoms with van der Waals surface area (Å²) in [5, 5.41) is 23.5. The Morgan fingerprint density at radius 2 is 1.86 bits per heavy atom. The quantitative estimate of drug-likeness (QED) is 0.572. The molecular weight excluding hydrogens is 373 g/mol. The third-order valence-electron chi connectivity index (χ3n) is 5.75. The summed E-state index contributed by atoms with van der Waals surface area (Å²) in [4.78, 5) is 13.5. The maximum atomic E-state index is 13.1. The Labute approximate surface area is 170 Å². The lowest BCUT2D eigenvalue weighted by Crippen LogP contribution is -2.42. The third-order valence-corrected chi connectivity index (χ3v) is 5.75. The molecule has 2 aromatic rings. The Morgan fingerprint density at radius 3 is 2.48 bits per heavy atom. The number of hydrogen-bond donors (Lipinski definition) is 4. The van der Waals surface area contributed by atoms with Crippen LogP contribution in [0.2, 0.25) is 0 Å². The Kier molecular flexibility index (Phi) is 6.71. The molecule has 1 aliphatic rings. The molecule has 0 heterocycles. The minimum absolute atomic E-state index is 0.00545. The van der Waals surface area contributed by atoms with Crippen LogP contribution in [-0.2, 0) is 0 Å². The van der Waals surface area contributed by atoms with E-state index in [4.69, 9.17) is 5.73 Å². The first-order valence-corrected chi connectivity index (χ1v) is 9.87. The number of aliphatic hydroxyl groups excluding tert-OH is 1. The van der Waals surface area contributed by atoms with Gasteiger partial charge in [-0.1, -0.05) is 6.07 Å². The fraction of sp³-hybridized carbons (Fsp3) is 0.409. The topological polar surface area (TPSA) is 98.8 Å². The van der Waals surface area contributed by atoms with E-state index in [0.29, 0.717) is 24.2 Å². The maximum absolute atomic E-state index is 13.1. The van der Waals surface area contributed by atoms with E-state index in [1.54, 1.807) is 18.2 Å². The van der Waals surface area contributed by atoms with Gasteiger partial charge in [-0.05, 0) is 67.6 Å². The zero-order valence-electron chi connectivity index (χ0n) is 16.5. The fourth-order valence-corrected chi connectivity index (χ4v) is 3.91. The van der Waals surface area contributed by atoms with Gasteiger partial charge in [0.25, 0.3) is 5.91 Å². The summed E-state index contributed by atoms with van der Waals surface area (Å²) in [6.45, 7) is 0.353. The zero-order chi connectivity index (χ0) is 21.0. The fourth-order valence-electron chi connectivity index (χ4n) is 3.91. The lowest BCUT2D eigenvalue weighted by molar-refractivity contribution is 0.0997. The first-order valence-electron chi connectivity index (χ1n) is 9.87. The molecule has 1 saturated carbocycles. The van der Waals surface area contributed by atoms with Gasteiger partial charge in [-0.15, -0.1) is 0 Å². The molecular formula is C22H28FN3O3. The van der Waals surface area contributed by atoms with E-state index < -0.39 is 12.0 Å². The van der Waals surface area contributed by atoms with Gasteiger partial charge in [0.05, 0.1) is 11.7 Å². The largest absolute Gasteiger partial charge is 0.507 e. The van der Waals surface area contributed by atoms with Crippen LogP contribution in [0.25, 0.3) is 0 Å². The number of aromatic hydroxyl groups is 1. The zero-order valence-corrected chi connectivity index (χ0v) is 16.5. The number of nitrogens with two attached hydrogens (primary N) is 1. The number of benzene rings is 2. The summed E-state index contributed by atoms with van der Waals surface area (Å²) in [5.74, 6) is -1.15. The summed E-state index contributed by atoms with van der Waals surface area (Å²) in [6.07, 6.45) is 3.17. The number of primary amides is 1. The van der Waals surface area contributed by atoms with Gasteiger partial charge in [-0.2, -0.15) is 0 Å². The number of anilines is 1. The minimum atomic E-state index is -0.798. The average Bonchev–Trinajstić information content (AvgIpc) is 2.72. The smallest absolute Gasteiger partial charge is 0.252 e. The molecule has 0 bridgehead atoms. The molecule has 7 heteroatoms. The number of halogens is 1. The molecule has 0 aromatic heterocycles. The van der Waals surface area contributed by atoms with Crippen molar-refractivity contribution in [2.24, 2.45) is 5.73 Å². The van der Waals surface area contributed by atoms with Crippen molar-refractivity contribution in [3.8, 4) is 5.75 Å². The number of carbonyl (C=O) groups excluding carboxylic acids is 1. The van der Waals surface area contributed by atoms with Crippen LogP contribution in [0.5, 0.6) is 5.75 Å². The molecule has 1 fully saturated rings. The monoisotopic (exact) mass is 401 g/mol. The number of aliphatic hydroxyl groups is 1. The predicted molar refractivity (Wildman–Crippen MR) is 110 cm³/mol. The molecule has 0 spiro atoms. The SMILES string of the molecule is CN(c1ccc(F)cc1)[C@H]1CC[C@H](NCC(O)c2ccc(O)c(C(N)=O)c2)CC1. The third kappa shape index (κ3) is 5.25. The molecule has 0 saturated heterocycles. The molecule has 3 rings (SSSR count). The minimum Gasteiger partial charge on any atom is -0.507 e. The number of amides is 1. The lowest BCUT2D eigenvalue weighted by atomic mass is 9.90. The van der Waals surface area contributed by atoms with Crippen LogP contribution in [-0.4, -0.2) is 41.8 Å². The molecule has 0 aliphatic heterocycles. The van der Waals surface area contributed by atoms with E-state index >= 15 is 0 Å². The van der Waals surface area contributed by atoms with Gasteiger partial charge >= 0.3 is 0 Å². The van der Waals surface area contributed by atoms with Crippen molar-refractivity contribution >= 4 is 11.6 Å². The molecule has 2 aromatic carbocycles. The predicted octanol–water partition coefficient (Wildman–Crippen LogP) is 2.70. The van der Waals surface area contributed by atoms with Crippen molar-refractivity contribution < 1.29 is 19.4 Å². The Morgan fingerprint density at radius 1 is 1.21 bits per heavy atom. The van der Waals surface area contributed by atoms with Crippen LogP contribution < -0.4 is 16.0 Å². The highest BCUT2D eigenvalue weighted by Crippen LogP contribution is 2.27. The van der Waals surface area contributed by atoms with Gasteiger partial charge in [0.15, 0.2) is 0 Å². The van der Waals surface area contributed by atoms with E-state index in [2.05, 4.69) is 10.2 Å². The molecule has 1 unspecified atom stereocenters. The van der Waals surface area contributed by atoms with Gasteiger partial charge in [-0.25, -0.2) is 4.39 Å². The molecule has 5 N–H and O–H groups in total. The molecule has 1 amide bonds. The molecule has 29 heavy (non-hydrogen) atoms. The molecule has 6 nitrogen and oxygen atoms in total. The second-order valence-corrected chi connectivity index (χ2v) is 7.66. The summed E-state index contributed by atoms with van der Waals surface area (Å²) in [7, 11) is 2.04. The van der Waals surface area contributed by atoms with Gasteiger partial charge in [0, 0.05) is 31.4 Å². The first kappa shape index (κ1) is 21.1. The number of carbonyl (C=O) groups is 1. The maximum Gasteiger partial charge on any atom is 0.252 e.